The number of rotatable bonds is 5. The number of benzene rings is 1. The van der Waals surface area contributed by atoms with E-state index in [1.54, 1.807) is 6.33 Å². The van der Waals surface area contributed by atoms with Crippen LogP contribution in [0.5, 0.6) is 0 Å². The van der Waals surface area contributed by atoms with Gasteiger partial charge in [0.05, 0.1) is 10.9 Å². The van der Waals surface area contributed by atoms with E-state index in [0.717, 1.165) is 28.3 Å². The predicted octanol–water partition coefficient (Wildman–Crippen LogP) is 3.85. The summed E-state index contributed by atoms with van der Waals surface area (Å²) in [5.74, 6) is 2.95. The van der Waals surface area contributed by atoms with Crippen molar-refractivity contribution in [1.29, 1.82) is 0 Å². The molecule has 1 aliphatic rings. The zero-order chi connectivity index (χ0) is 18.4. The van der Waals surface area contributed by atoms with Gasteiger partial charge in [0, 0.05) is 48.6 Å². The molecule has 0 bridgehead atoms. The number of aryl methyl sites for hydroxylation is 1. The number of H-pyrrole nitrogens is 1. The molecule has 0 aliphatic heterocycles. The van der Waals surface area contributed by atoms with Gasteiger partial charge in [-0.3, -0.25) is 4.68 Å². The molecule has 1 saturated carbocycles. The van der Waals surface area contributed by atoms with E-state index in [2.05, 4.69) is 62.5 Å². The number of nitrogens with one attached hydrogen (secondary N) is 1. The Labute approximate surface area is 162 Å². The lowest BCUT2D eigenvalue weighted by molar-refractivity contribution is 0.286. The van der Waals surface area contributed by atoms with Crippen molar-refractivity contribution >= 4 is 39.5 Å². The Kier molecular flexibility index (Phi) is 4.04. The summed E-state index contributed by atoms with van der Waals surface area (Å²) in [6.45, 7) is 0. The summed E-state index contributed by atoms with van der Waals surface area (Å²) in [5.41, 5.74) is 1.97. The van der Waals surface area contributed by atoms with Crippen LogP contribution in [0.15, 0.2) is 47.9 Å². The minimum atomic E-state index is 0.560. The maximum Gasteiger partial charge on any atom is 0.142 e. The van der Waals surface area contributed by atoms with E-state index in [0.29, 0.717) is 6.04 Å². The third-order valence-corrected chi connectivity index (χ3v) is 6.73. The number of aromatic amines is 1. The van der Waals surface area contributed by atoms with E-state index in [-0.39, 0.29) is 0 Å². The molecule has 138 valence electrons. The second kappa shape index (κ2) is 6.56. The molecule has 0 atom stereocenters. The quantitative estimate of drug-likeness (QED) is 0.535. The van der Waals surface area contributed by atoms with Crippen LogP contribution >= 0.6 is 11.8 Å². The van der Waals surface area contributed by atoms with Crippen LogP contribution in [0.1, 0.15) is 12.8 Å². The van der Waals surface area contributed by atoms with Gasteiger partial charge in [-0.1, -0.05) is 0 Å². The molecule has 27 heavy (non-hydrogen) atoms. The Morgan fingerprint density at radius 1 is 1.26 bits per heavy atom. The first kappa shape index (κ1) is 16.6. The summed E-state index contributed by atoms with van der Waals surface area (Å²) in [6.07, 6.45) is 8.08. The third kappa shape index (κ3) is 3.06. The average molecular weight is 379 g/mol. The number of hydrogen-bond acceptors (Lipinski definition) is 5. The lowest BCUT2D eigenvalue weighted by atomic mass is 9.81. The van der Waals surface area contributed by atoms with Gasteiger partial charge in [0.2, 0.25) is 0 Å². The third-order valence-electron chi connectivity index (χ3n) is 5.50. The minimum absolute atomic E-state index is 0.560. The second-order valence-corrected chi connectivity index (χ2v) is 8.47. The summed E-state index contributed by atoms with van der Waals surface area (Å²) in [4.78, 5) is 15.6. The van der Waals surface area contributed by atoms with Crippen molar-refractivity contribution in [3.05, 3.63) is 43.0 Å². The van der Waals surface area contributed by atoms with Crippen molar-refractivity contribution in [3.8, 4) is 0 Å². The fourth-order valence-corrected chi connectivity index (χ4v) is 4.97. The standard InChI is InChI=1S/C20H22N6S/c1-25-10-14-9-16(3-4-18(14)24-25)27-11-13-7-15(8-13)26(2)20-17-5-6-21-19(17)22-12-23-20/h3-6,9-10,12-13,15H,7-8,11H2,1-2H3,(H,21,22,23). The Morgan fingerprint density at radius 2 is 2.15 bits per heavy atom. The van der Waals surface area contributed by atoms with Crippen molar-refractivity contribution in [3.63, 3.8) is 0 Å². The van der Waals surface area contributed by atoms with Gasteiger partial charge in [-0.2, -0.15) is 5.10 Å². The number of fused-ring (bicyclic) bond motifs is 2. The van der Waals surface area contributed by atoms with E-state index in [9.17, 15) is 0 Å². The first-order chi connectivity index (χ1) is 13.2. The van der Waals surface area contributed by atoms with E-state index in [4.69, 9.17) is 0 Å². The summed E-state index contributed by atoms with van der Waals surface area (Å²) in [6, 6.07) is 9.17. The van der Waals surface area contributed by atoms with Crippen LogP contribution in [0, 0.1) is 5.92 Å². The average Bonchev–Trinajstić information content (AvgIpc) is 3.24. The zero-order valence-corrected chi connectivity index (χ0v) is 16.3. The summed E-state index contributed by atoms with van der Waals surface area (Å²) in [5, 5.41) is 6.76. The molecular formula is C20H22N6S. The zero-order valence-electron chi connectivity index (χ0n) is 15.5. The van der Waals surface area contributed by atoms with Crippen LogP contribution < -0.4 is 4.90 Å². The van der Waals surface area contributed by atoms with Crippen molar-refractivity contribution in [2.45, 2.75) is 23.8 Å². The van der Waals surface area contributed by atoms with Crippen molar-refractivity contribution < 1.29 is 0 Å². The van der Waals surface area contributed by atoms with Gasteiger partial charge >= 0.3 is 0 Å². The molecule has 5 rings (SSSR count). The SMILES string of the molecule is CN(c1ncnc2[nH]ccc12)C1CC(CSc2ccc3nn(C)cc3c2)C1. The van der Waals surface area contributed by atoms with E-state index < -0.39 is 0 Å². The van der Waals surface area contributed by atoms with E-state index in [1.165, 1.54) is 28.9 Å². The molecule has 0 spiro atoms. The molecule has 0 radical (unpaired) electrons. The van der Waals surface area contributed by atoms with Crippen LogP contribution in [0.25, 0.3) is 21.9 Å². The van der Waals surface area contributed by atoms with Gasteiger partial charge in [0.1, 0.15) is 17.8 Å². The highest BCUT2D eigenvalue weighted by molar-refractivity contribution is 7.99. The van der Waals surface area contributed by atoms with Gasteiger partial charge in [-0.25, -0.2) is 9.97 Å². The fraction of sp³-hybridized carbons (Fsp3) is 0.350. The molecule has 0 amide bonds. The monoisotopic (exact) mass is 378 g/mol. The first-order valence-corrected chi connectivity index (χ1v) is 10.2. The molecule has 7 heteroatoms. The van der Waals surface area contributed by atoms with Crippen LogP contribution in [0.3, 0.4) is 0 Å². The number of aromatic nitrogens is 5. The number of anilines is 1. The van der Waals surface area contributed by atoms with Gasteiger partial charge in [0.25, 0.3) is 0 Å². The first-order valence-electron chi connectivity index (χ1n) is 9.24. The Hall–Kier alpha value is -2.54. The fourth-order valence-electron chi connectivity index (χ4n) is 3.90. The maximum absolute atomic E-state index is 4.51. The molecule has 4 aromatic rings. The smallest absolute Gasteiger partial charge is 0.142 e. The molecule has 1 aromatic carbocycles. The molecular weight excluding hydrogens is 356 g/mol. The van der Waals surface area contributed by atoms with Gasteiger partial charge in [-0.15, -0.1) is 11.8 Å². The molecule has 0 unspecified atom stereocenters. The summed E-state index contributed by atoms with van der Waals surface area (Å²) >= 11 is 1.96. The topological polar surface area (TPSA) is 62.6 Å². The van der Waals surface area contributed by atoms with Crippen molar-refractivity contribution in [2.75, 3.05) is 17.7 Å². The van der Waals surface area contributed by atoms with Crippen LogP contribution in [-0.4, -0.2) is 43.6 Å². The molecule has 0 saturated heterocycles. The second-order valence-electron chi connectivity index (χ2n) is 7.37. The number of hydrogen-bond donors (Lipinski definition) is 1. The normalized spacial score (nSPS) is 19.5. The molecule has 1 N–H and O–H groups in total. The minimum Gasteiger partial charge on any atom is -0.356 e. The number of nitrogens with zero attached hydrogens (tertiary/aromatic N) is 5. The predicted molar refractivity (Wildman–Crippen MR) is 110 cm³/mol. The van der Waals surface area contributed by atoms with Crippen LogP contribution in [0.2, 0.25) is 0 Å². The van der Waals surface area contributed by atoms with Gasteiger partial charge in [0.15, 0.2) is 0 Å². The van der Waals surface area contributed by atoms with E-state index >= 15 is 0 Å². The van der Waals surface area contributed by atoms with Crippen LogP contribution in [-0.2, 0) is 7.05 Å². The van der Waals surface area contributed by atoms with Gasteiger partial charge < -0.3 is 9.88 Å². The van der Waals surface area contributed by atoms with E-state index in [1.807, 2.05) is 29.7 Å². The van der Waals surface area contributed by atoms with Crippen LogP contribution in [0.4, 0.5) is 5.82 Å². The molecule has 3 aromatic heterocycles. The summed E-state index contributed by atoms with van der Waals surface area (Å²) in [7, 11) is 4.12. The molecule has 3 heterocycles. The number of thioether (sulfide) groups is 1. The van der Waals surface area contributed by atoms with Crippen molar-refractivity contribution in [2.24, 2.45) is 13.0 Å². The van der Waals surface area contributed by atoms with Gasteiger partial charge in [-0.05, 0) is 43.0 Å². The summed E-state index contributed by atoms with van der Waals surface area (Å²) < 4.78 is 1.88. The largest absolute Gasteiger partial charge is 0.356 e. The Morgan fingerprint density at radius 3 is 3.04 bits per heavy atom. The molecule has 1 fully saturated rings. The highest BCUT2D eigenvalue weighted by Crippen LogP contribution is 2.38. The lowest BCUT2D eigenvalue weighted by Crippen LogP contribution is -2.43. The maximum atomic E-state index is 4.51. The lowest BCUT2D eigenvalue weighted by Gasteiger charge is -2.41. The molecule has 6 nitrogen and oxygen atoms in total. The Bertz CT molecular complexity index is 1090. The Balaban J connectivity index is 1.19. The van der Waals surface area contributed by atoms with Crippen molar-refractivity contribution in [1.82, 2.24) is 24.7 Å². The highest BCUT2D eigenvalue weighted by Gasteiger charge is 2.33. The highest BCUT2D eigenvalue weighted by atomic mass is 32.2. The molecule has 1 aliphatic carbocycles.